The van der Waals surface area contributed by atoms with Gasteiger partial charge in [-0.15, -0.1) is 11.3 Å². The summed E-state index contributed by atoms with van der Waals surface area (Å²) in [6.07, 6.45) is 1.86. The minimum absolute atomic E-state index is 0.263. The Labute approximate surface area is 169 Å². The highest BCUT2D eigenvalue weighted by molar-refractivity contribution is 7.23. The highest BCUT2D eigenvalue weighted by Gasteiger charge is 2.34. The van der Waals surface area contributed by atoms with Crippen LogP contribution in [0.2, 0.25) is 9.36 Å². The fourth-order valence-corrected chi connectivity index (χ4v) is 4.89. The Hall–Kier alpha value is -2.28. The number of halogens is 2. The quantitative estimate of drug-likeness (QED) is 0.553. The molecule has 1 aromatic carbocycles. The van der Waals surface area contributed by atoms with Crippen LogP contribution in [0.3, 0.4) is 0 Å². The first kappa shape index (κ1) is 18.1. The van der Waals surface area contributed by atoms with Crippen molar-refractivity contribution >= 4 is 56.6 Å². The molecule has 1 aliphatic carbocycles. The maximum Gasteiger partial charge on any atom is 0.268 e. The Balaban J connectivity index is 1.58. The van der Waals surface area contributed by atoms with Crippen LogP contribution >= 0.6 is 34.5 Å². The molecule has 0 bridgehead atoms. The molecular formula is C19H15Cl2N3O2S. The number of nitrogens with one attached hydrogen (secondary N) is 3. The summed E-state index contributed by atoms with van der Waals surface area (Å²) >= 11 is 13.5. The Morgan fingerprint density at radius 1 is 1.26 bits per heavy atom. The predicted octanol–water partition coefficient (Wildman–Crippen LogP) is 4.23. The van der Waals surface area contributed by atoms with E-state index in [1.54, 1.807) is 6.07 Å². The molecule has 0 aliphatic heterocycles. The van der Waals surface area contributed by atoms with Crippen molar-refractivity contribution in [2.45, 2.75) is 18.5 Å². The van der Waals surface area contributed by atoms with E-state index in [-0.39, 0.29) is 23.9 Å². The molecule has 0 saturated carbocycles. The van der Waals surface area contributed by atoms with Crippen LogP contribution < -0.4 is 10.6 Å². The number of fused-ring (bicyclic) bond motifs is 2. The van der Waals surface area contributed by atoms with Crippen molar-refractivity contribution in [3.05, 3.63) is 69.2 Å². The highest BCUT2D eigenvalue weighted by atomic mass is 35.5. The lowest BCUT2D eigenvalue weighted by molar-refractivity contribution is -0.117. The Kier molecular flexibility index (Phi) is 4.72. The van der Waals surface area contributed by atoms with Gasteiger partial charge in [-0.2, -0.15) is 0 Å². The first-order valence-electron chi connectivity index (χ1n) is 8.26. The van der Waals surface area contributed by atoms with Gasteiger partial charge in [-0.3, -0.25) is 9.59 Å². The van der Waals surface area contributed by atoms with E-state index >= 15 is 0 Å². The van der Waals surface area contributed by atoms with Gasteiger partial charge in [-0.25, -0.2) is 0 Å². The maximum atomic E-state index is 12.8. The number of carbonyl (C=O) groups is 2. The first-order chi connectivity index (χ1) is 13.0. The first-order valence-corrected chi connectivity index (χ1v) is 9.83. The molecule has 2 atom stereocenters. The van der Waals surface area contributed by atoms with Crippen molar-refractivity contribution in [3.63, 3.8) is 0 Å². The summed E-state index contributed by atoms with van der Waals surface area (Å²) in [5.41, 5.74) is 3.15. The van der Waals surface area contributed by atoms with Crippen LogP contribution in [0.4, 0.5) is 0 Å². The molecule has 2 heterocycles. The number of hydrogen-bond acceptors (Lipinski definition) is 3. The molecule has 0 radical (unpaired) electrons. The summed E-state index contributed by atoms with van der Waals surface area (Å²) in [4.78, 5) is 27.7. The summed E-state index contributed by atoms with van der Waals surface area (Å²) < 4.78 is 1.31. The number of aromatic amines is 1. The smallest absolute Gasteiger partial charge is 0.268 e. The van der Waals surface area contributed by atoms with E-state index in [0.717, 1.165) is 15.8 Å². The van der Waals surface area contributed by atoms with Crippen molar-refractivity contribution in [1.82, 2.24) is 15.6 Å². The fraction of sp³-hybridized carbons (Fsp3) is 0.158. The van der Waals surface area contributed by atoms with Gasteiger partial charge in [0.1, 0.15) is 10.0 Å². The maximum absolute atomic E-state index is 12.8. The molecule has 0 fully saturated rings. The third-order valence-electron chi connectivity index (χ3n) is 4.65. The van der Waals surface area contributed by atoms with Gasteiger partial charge in [0.05, 0.1) is 27.3 Å². The molecule has 1 aliphatic rings. The normalized spacial score (nSPS) is 18.3. The molecule has 3 N–H and O–H groups in total. The van der Waals surface area contributed by atoms with E-state index in [2.05, 4.69) is 22.2 Å². The van der Waals surface area contributed by atoms with E-state index in [4.69, 9.17) is 23.2 Å². The minimum Gasteiger partial charge on any atom is -0.349 e. The van der Waals surface area contributed by atoms with Crippen LogP contribution in [0.1, 0.15) is 27.7 Å². The third-order valence-corrected chi connectivity index (χ3v) is 6.58. The van der Waals surface area contributed by atoms with E-state index < -0.39 is 0 Å². The van der Waals surface area contributed by atoms with Crippen LogP contribution in [0.15, 0.2) is 43.0 Å². The Bertz CT molecular complexity index is 1070. The lowest BCUT2D eigenvalue weighted by atomic mass is 10.1. The SMILES string of the molecule is C=CC(=O)N[C@@H]1c2ccccc2C[C@@H]1NC(=O)c1cc2sc(Cl)c(Cl)c2[nH]1. The molecule has 2 amide bonds. The molecule has 5 nitrogen and oxygen atoms in total. The number of hydrogen-bond donors (Lipinski definition) is 3. The largest absolute Gasteiger partial charge is 0.349 e. The van der Waals surface area contributed by atoms with Gasteiger partial charge in [0.2, 0.25) is 5.91 Å². The summed E-state index contributed by atoms with van der Waals surface area (Å²) in [7, 11) is 0. The van der Waals surface area contributed by atoms with Gasteiger partial charge in [-0.05, 0) is 29.7 Å². The molecule has 0 spiro atoms. The molecule has 8 heteroatoms. The second-order valence-electron chi connectivity index (χ2n) is 6.29. The van der Waals surface area contributed by atoms with Crippen molar-refractivity contribution in [2.75, 3.05) is 0 Å². The van der Waals surface area contributed by atoms with Gasteiger partial charge in [0.15, 0.2) is 0 Å². The van der Waals surface area contributed by atoms with E-state index in [9.17, 15) is 9.59 Å². The second-order valence-corrected chi connectivity index (χ2v) is 8.32. The number of benzene rings is 1. The van der Waals surface area contributed by atoms with E-state index in [1.807, 2.05) is 24.3 Å². The van der Waals surface area contributed by atoms with Gasteiger partial charge >= 0.3 is 0 Å². The zero-order chi connectivity index (χ0) is 19.1. The average Bonchev–Trinajstić information content (AvgIpc) is 3.29. The van der Waals surface area contributed by atoms with Crippen molar-refractivity contribution in [2.24, 2.45) is 0 Å². The summed E-state index contributed by atoms with van der Waals surface area (Å²) in [6.45, 7) is 3.50. The van der Waals surface area contributed by atoms with Crippen molar-refractivity contribution in [1.29, 1.82) is 0 Å². The average molecular weight is 420 g/mol. The number of aromatic nitrogens is 1. The monoisotopic (exact) mass is 419 g/mol. The number of amides is 2. The molecule has 3 aromatic rings. The molecule has 4 rings (SSSR count). The third kappa shape index (κ3) is 3.25. The lowest BCUT2D eigenvalue weighted by Crippen LogP contribution is -2.44. The van der Waals surface area contributed by atoms with Crippen LogP contribution in [-0.2, 0) is 11.2 Å². The van der Waals surface area contributed by atoms with Crippen LogP contribution in [0.25, 0.3) is 10.2 Å². The van der Waals surface area contributed by atoms with Gasteiger partial charge in [-0.1, -0.05) is 54.0 Å². The topological polar surface area (TPSA) is 74.0 Å². The van der Waals surface area contributed by atoms with Gasteiger partial charge in [0.25, 0.3) is 5.91 Å². The molecule has 0 saturated heterocycles. The van der Waals surface area contributed by atoms with E-state index in [1.165, 1.54) is 17.4 Å². The summed E-state index contributed by atoms with van der Waals surface area (Å²) in [5.74, 6) is -0.543. The molecule has 138 valence electrons. The number of rotatable bonds is 4. The van der Waals surface area contributed by atoms with E-state index in [0.29, 0.717) is 27.0 Å². The number of H-pyrrole nitrogens is 1. The van der Waals surface area contributed by atoms with Gasteiger partial charge in [0, 0.05) is 0 Å². The van der Waals surface area contributed by atoms with Gasteiger partial charge < -0.3 is 15.6 Å². The number of carbonyl (C=O) groups excluding carboxylic acids is 2. The second kappa shape index (κ2) is 7.03. The molecule has 2 aromatic heterocycles. The lowest BCUT2D eigenvalue weighted by Gasteiger charge is -2.22. The molecular weight excluding hydrogens is 405 g/mol. The molecule has 27 heavy (non-hydrogen) atoms. The van der Waals surface area contributed by atoms with Crippen molar-refractivity contribution < 1.29 is 9.59 Å². The standard InChI is InChI=1S/C19H15Cl2N3O2S/c1-2-14(25)24-16-10-6-4-3-5-9(10)7-11(16)23-19(26)12-8-13-17(22-12)15(20)18(21)27-13/h2-6,8,11,16,22H,1,7H2,(H,23,26)(H,24,25)/t11-,16+/m0/s1. The number of thiophene rings is 1. The summed E-state index contributed by atoms with van der Waals surface area (Å²) in [6, 6.07) is 8.97. The fourth-order valence-electron chi connectivity index (χ4n) is 3.41. The zero-order valence-electron chi connectivity index (χ0n) is 14.0. The molecule has 0 unspecified atom stereocenters. The minimum atomic E-state index is -0.315. The van der Waals surface area contributed by atoms with Crippen molar-refractivity contribution in [3.8, 4) is 0 Å². The zero-order valence-corrected chi connectivity index (χ0v) is 16.3. The van der Waals surface area contributed by atoms with Crippen LogP contribution in [-0.4, -0.2) is 22.8 Å². The van der Waals surface area contributed by atoms with Crippen LogP contribution in [0.5, 0.6) is 0 Å². The Morgan fingerprint density at radius 3 is 2.78 bits per heavy atom. The Morgan fingerprint density at radius 2 is 2.04 bits per heavy atom. The highest BCUT2D eigenvalue weighted by Crippen LogP contribution is 2.39. The predicted molar refractivity (Wildman–Crippen MR) is 109 cm³/mol. The summed E-state index contributed by atoms with van der Waals surface area (Å²) in [5, 5.41) is 6.34. The van der Waals surface area contributed by atoms with Crippen LogP contribution in [0, 0.1) is 0 Å².